The maximum Gasteiger partial charge on any atom is 0.0126 e. The Balaban J connectivity index is 1.50. The summed E-state index contributed by atoms with van der Waals surface area (Å²) in [6.07, 6.45) is 6.82. The zero-order chi connectivity index (χ0) is 25.3. The molecular weight excluding hydrogens is 475 g/mol. The minimum atomic E-state index is -0.473. The van der Waals surface area contributed by atoms with Crippen molar-refractivity contribution in [2.75, 3.05) is 0 Å². The van der Waals surface area contributed by atoms with Gasteiger partial charge in [-0.15, -0.1) is 0 Å². The molecule has 0 bridgehead atoms. The summed E-state index contributed by atoms with van der Waals surface area (Å²) in [5.41, 5.74) is 7.54. The lowest BCUT2D eigenvalue weighted by atomic mass is 9.86. The molecule has 7 rings (SSSR count). The summed E-state index contributed by atoms with van der Waals surface area (Å²) in [5, 5.41) is 6.85. The Morgan fingerprint density at radius 3 is 1.92 bits per heavy atom. The lowest BCUT2D eigenvalue weighted by Gasteiger charge is -2.27. The second-order valence-corrected chi connectivity index (χ2v) is 12.5. The predicted octanol–water partition coefficient (Wildman–Crippen LogP) is 10.1. The number of rotatable bonds is 4. The van der Waals surface area contributed by atoms with E-state index in [4.69, 9.17) is 0 Å². The van der Waals surface area contributed by atoms with Crippen LogP contribution in [0, 0.1) is 0 Å². The van der Waals surface area contributed by atoms with Crippen LogP contribution in [-0.2, 0) is 6.16 Å². The lowest BCUT2D eigenvalue weighted by molar-refractivity contribution is 0.963. The van der Waals surface area contributed by atoms with Gasteiger partial charge in [0.1, 0.15) is 0 Å². The maximum absolute atomic E-state index is 2.44. The summed E-state index contributed by atoms with van der Waals surface area (Å²) in [7, 11) is -0.473. The number of fused-ring (bicyclic) bond motifs is 7. The molecule has 38 heavy (non-hydrogen) atoms. The monoisotopic (exact) mass is 504 g/mol. The van der Waals surface area contributed by atoms with E-state index in [0.717, 1.165) is 12.6 Å². The maximum atomic E-state index is 2.44. The molecule has 0 saturated heterocycles. The normalized spacial score (nSPS) is 16.8. The molecule has 0 spiro atoms. The van der Waals surface area contributed by atoms with Crippen LogP contribution >= 0.6 is 7.92 Å². The number of hydrogen-bond donors (Lipinski definition) is 0. The molecule has 1 heterocycles. The van der Waals surface area contributed by atoms with E-state index in [-0.39, 0.29) is 0 Å². The van der Waals surface area contributed by atoms with Gasteiger partial charge in [0.25, 0.3) is 0 Å². The molecule has 0 N–H and O–H groups in total. The summed E-state index contributed by atoms with van der Waals surface area (Å²) < 4.78 is 0. The molecule has 6 aromatic carbocycles. The van der Waals surface area contributed by atoms with Crippen molar-refractivity contribution in [1.29, 1.82) is 0 Å². The van der Waals surface area contributed by atoms with E-state index in [2.05, 4.69) is 146 Å². The van der Waals surface area contributed by atoms with Crippen molar-refractivity contribution in [1.82, 2.24) is 0 Å². The molecule has 182 valence electrons. The zero-order valence-corrected chi connectivity index (χ0v) is 22.2. The number of hydrogen-bond acceptors (Lipinski definition) is 0. The second-order valence-electron chi connectivity index (χ2n) is 10.1. The molecular formula is C37H29P. The molecule has 2 atom stereocenters. The van der Waals surface area contributed by atoms with Gasteiger partial charge in [-0.1, -0.05) is 154 Å². The van der Waals surface area contributed by atoms with Crippen LogP contribution in [0.3, 0.4) is 0 Å². The van der Waals surface area contributed by atoms with E-state index in [1.54, 1.807) is 0 Å². The highest BCUT2D eigenvalue weighted by Crippen LogP contribution is 2.61. The molecule has 1 aliphatic heterocycles. The van der Waals surface area contributed by atoms with Gasteiger partial charge in [0, 0.05) is 5.66 Å². The van der Waals surface area contributed by atoms with Crippen LogP contribution in [0.4, 0.5) is 0 Å². The topological polar surface area (TPSA) is 0 Å². The molecule has 0 saturated carbocycles. The van der Waals surface area contributed by atoms with Crippen LogP contribution in [0.15, 0.2) is 140 Å². The lowest BCUT2D eigenvalue weighted by Crippen LogP contribution is -2.08. The summed E-state index contributed by atoms with van der Waals surface area (Å²) in [6.45, 7) is 0. The highest BCUT2D eigenvalue weighted by Gasteiger charge is 2.32. The predicted molar refractivity (Wildman–Crippen MR) is 166 cm³/mol. The first kappa shape index (κ1) is 23.2. The summed E-state index contributed by atoms with van der Waals surface area (Å²) >= 11 is 0. The molecule has 0 nitrogen and oxygen atoms in total. The van der Waals surface area contributed by atoms with Crippen LogP contribution in [0.2, 0.25) is 0 Å². The van der Waals surface area contributed by atoms with Crippen LogP contribution in [0.1, 0.15) is 28.8 Å². The third kappa shape index (κ3) is 4.16. The highest BCUT2D eigenvalue weighted by molar-refractivity contribution is 7.65. The minimum Gasteiger partial charge on any atom is -0.0830 e. The van der Waals surface area contributed by atoms with Crippen molar-refractivity contribution in [3.05, 3.63) is 156 Å². The fraction of sp³-hybridized carbons (Fsp3) is 0.0811. The van der Waals surface area contributed by atoms with Crippen LogP contribution in [-0.4, -0.2) is 0 Å². The van der Waals surface area contributed by atoms with Gasteiger partial charge in [0.15, 0.2) is 0 Å². The van der Waals surface area contributed by atoms with E-state index in [1.165, 1.54) is 54.7 Å². The fourth-order valence-electron chi connectivity index (χ4n) is 6.09. The Hall–Kier alpha value is -3.99. The Morgan fingerprint density at radius 2 is 1.18 bits per heavy atom. The van der Waals surface area contributed by atoms with Crippen molar-refractivity contribution in [2.45, 2.75) is 18.2 Å². The highest BCUT2D eigenvalue weighted by atomic mass is 31.1. The summed E-state index contributed by atoms with van der Waals surface area (Å²) in [4.78, 5) is 0. The zero-order valence-electron chi connectivity index (χ0n) is 21.3. The first-order valence-electron chi connectivity index (χ1n) is 13.4. The van der Waals surface area contributed by atoms with E-state index in [0.29, 0.717) is 5.66 Å². The van der Waals surface area contributed by atoms with Gasteiger partial charge >= 0.3 is 0 Å². The van der Waals surface area contributed by atoms with Gasteiger partial charge in [0.2, 0.25) is 0 Å². The van der Waals surface area contributed by atoms with Gasteiger partial charge in [-0.25, -0.2) is 0 Å². The Labute approximate surface area is 226 Å². The molecule has 1 aliphatic rings. The van der Waals surface area contributed by atoms with Gasteiger partial charge in [0.05, 0.1) is 0 Å². The largest absolute Gasteiger partial charge is 0.0830 e. The third-order valence-electron chi connectivity index (χ3n) is 7.86. The Kier molecular flexibility index (Phi) is 6.12. The third-order valence-corrected chi connectivity index (χ3v) is 10.7. The smallest absolute Gasteiger partial charge is 0.0126 e. The van der Waals surface area contributed by atoms with E-state index >= 15 is 0 Å². The van der Waals surface area contributed by atoms with Crippen LogP contribution in [0.25, 0.3) is 38.7 Å². The van der Waals surface area contributed by atoms with Crippen molar-refractivity contribution < 1.29 is 0 Å². The Bertz CT molecular complexity index is 1770. The van der Waals surface area contributed by atoms with Crippen LogP contribution in [0.5, 0.6) is 0 Å². The average Bonchev–Trinajstić information content (AvgIpc) is 3.13. The molecule has 0 fully saturated rings. The molecule has 0 aromatic heterocycles. The van der Waals surface area contributed by atoms with E-state index < -0.39 is 7.92 Å². The van der Waals surface area contributed by atoms with Crippen molar-refractivity contribution in [3.8, 4) is 11.1 Å². The van der Waals surface area contributed by atoms with Crippen molar-refractivity contribution >= 4 is 40.8 Å². The first-order chi connectivity index (χ1) is 18.9. The van der Waals surface area contributed by atoms with E-state index in [1.807, 2.05) is 0 Å². The summed E-state index contributed by atoms with van der Waals surface area (Å²) in [5.74, 6) is 0. The van der Waals surface area contributed by atoms with Crippen molar-refractivity contribution in [3.63, 3.8) is 0 Å². The van der Waals surface area contributed by atoms with Gasteiger partial charge in [-0.3, -0.25) is 0 Å². The fourth-order valence-corrected chi connectivity index (χ4v) is 8.97. The molecule has 6 aromatic rings. The summed E-state index contributed by atoms with van der Waals surface area (Å²) in [6, 6.07) is 49.3. The van der Waals surface area contributed by atoms with Gasteiger partial charge < -0.3 is 0 Å². The average molecular weight is 505 g/mol. The molecule has 0 radical (unpaired) electrons. The Morgan fingerprint density at radius 1 is 0.579 bits per heavy atom. The minimum absolute atomic E-state index is 0.429. The quantitative estimate of drug-likeness (QED) is 0.210. The number of allylic oxidation sites excluding steroid dienone is 1. The second kappa shape index (κ2) is 10.1. The standard InChI is InChI=1S/C37H29P/c1-3-12-27(13-4-1)14-11-21-35-34-25-24-29-16-8-10-20-33(29)37(34)36-30(23-22-28-15-7-9-19-32(28)36)26-38(35)31-17-5-2-6-18-31/h1-20,22-25,35H,21,26H2/b14-11+/t35-,38-/m0/s1. The van der Waals surface area contributed by atoms with Crippen LogP contribution < -0.4 is 5.30 Å². The van der Waals surface area contributed by atoms with Crippen molar-refractivity contribution in [2.24, 2.45) is 0 Å². The first-order valence-corrected chi connectivity index (χ1v) is 15.0. The van der Waals surface area contributed by atoms with Gasteiger partial charge in [-0.2, -0.15) is 0 Å². The molecule has 0 unspecified atom stereocenters. The molecule has 0 aliphatic carbocycles. The molecule has 1 heteroatoms. The SMILES string of the molecule is C(=C\c1ccccc1)/C[C@H]1c2ccc3ccccc3c2-c2c(ccc3ccccc23)C[P@@]1c1ccccc1. The molecule has 0 amide bonds. The number of benzene rings is 6. The van der Waals surface area contributed by atoms with Gasteiger partial charge in [-0.05, 0) is 67.2 Å². The van der Waals surface area contributed by atoms with E-state index in [9.17, 15) is 0 Å².